The van der Waals surface area contributed by atoms with Gasteiger partial charge in [0.2, 0.25) is 5.75 Å². The van der Waals surface area contributed by atoms with Gasteiger partial charge in [0.1, 0.15) is 6.17 Å². The van der Waals surface area contributed by atoms with Crippen molar-refractivity contribution >= 4 is 17.3 Å². The quantitative estimate of drug-likeness (QED) is 0.104. The van der Waals surface area contributed by atoms with Crippen molar-refractivity contribution in [2.45, 2.75) is 57.4 Å². The fourth-order valence-corrected chi connectivity index (χ4v) is 6.49. The van der Waals surface area contributed by atoms with Crippen molar-refractivity contribution in [2.24, 2.45) is 5.16 Å². The van der Waals surface area contributed by atoms with Crippen molar-refractivity contribution in [3.8, 4) is 40.2 Å². The third-order valence-corrected chi connectivity index (χ3v) is 9.33. The SMILES string of the molecule is COc1cc(C2NC(=O)c3ccccc3N2)ccc1OCCCCCC(C)Oc1cc(C2CC(c3cc(OC)c(OC)c(OC)c3)=NO2)ccc1OC. The lowest BCUT2D eigenvalue weighted by Crippen LogP contribution is -2.38. The van der Waals surface area contributed by atoms with Crippen molar-refractivity contribution in [3.63, 3.8) is 0 Å². The fraction of sp³-hybridized carbons (Fsp3) is 0.366. The Kier molecular flexibility index (Phi) is 12.0. The van der Waals surface area contributed by atoms with Crippen LogP contribution in [0.25, 0.3) is 0 Å². The molecular formula is C41H47N3O9. The van der Waals surface area contributed by atoms with Gasteiger partial charge in [-0.05, 0) is 92.3 Å². The Balaban J connectivity index is 0.970. The Morgan fingerprint density at radius 3 is 2.17 bits per heavy atom. The molecule has 0 spiro atoms. The van der Waals surface area contributed by atoms with Crippen LogP contribution in [0.5, 0.6) is 40.2 Å². The van der Waals surface area contributed by atoms with Crippen LogP contribution in [0, 0.1) is 0 Å². The summed E-state index contributed by atoms with van der Waals surface area (Å²) < 4.78 is 40.2. The molecule has 0 fully saturated rings. The number of nitrogens with zero attached hydrogens (tertiary/aromatic N) is 1. The first kappa shape index (κ1) is 37.0. The number of fused-ring (bicyclic) bond motifs is 1. The molecule has 2 aliphatic rings. The number of nitrogens with one attached hydrogen (secondary N) is 2. The number of oxime groups is 1. The van der Waals surface area contributed by atoms with E-state index in [9.17, 15) is 4.79 Å². The Hall–Kier alpha value is -5.78. The first-order valence-corrected chi connectivity index (χ1v) is 17.7. The van der Waals surface area contributed by atoms with Crippen molar-refractivity contribution in [3.05, 3.63) is 95.1 Å². The number of hydrogen-bond donors (Lipinski definition) is 2. The second-order valence-corrected chi connectivity index (χ2v) is 12.8. The molecule has 3 atom stereocenters. The highest BCUT2D eigenvalue weighted by Gasteiger charge is 2.28. The zero-order valence-corrected chi connectivity index (χ0v) is 31.0. The summed E-state index contributed by atoms with van der Waals surface area (Å²) in [6, 6.07) is 22.7. The molecule has 0 saturated heterocycles. The molecule has 0 bridgehead atoms. The molecule has 0 radical (unpaired) electrons. The summed E-state index contributed by atoms with van der Waals surface area (Å²) in [4.78, 5) is 18.5. The summed E-state index contributed by atoms with van der Waals surface area (Å²) in [5.41, 5.74) is 4.84. The van der Waals surface area contributed by atoms with E-state index in [1.807, 2.05) is 66.7 Å². The van der Waals surface area contributed by atoms with Gasteiger partial charge in [0.15, 0.2) is 40.6 Å². The van der Waals surface area contributed by atoms with Crippen LogP contribution in [-0.4, -0.2) is 59.9 Å². The van der Waals surface area contributed by atoms with Crippen molar-refractivity contribution < 1.29 is 42.8 Å². The highest BCUT2D eigenvalue weighted by Crippen LogP contribution is 2.41. The van der Waals surface area contributed by atoms with Crippen molar-refractivity contribution in [1.82, 2.24) is 5.32 Å². The first-order valence-electron chi connectivity index (χ1n) is 17.7. The van der Waals surface area contributed by atoms with E-state index >= 15 is 0 Å². The van der Waals surface area contributed by atoms with Crippen LogP contribution in [0.2, 0.25) is 0 Å². The van der Waals surface area contributed by atoms with E-state index in [4.69, 9.17) is 38.0 Å². The fourth-order valence-electron chi connectivity index (χ4n) is 6.49. The van der Waals surface area contributed by atoms with E-state index in [1.165, 1.54) is 0 Å². The van der Waals surface area contributed by atoms with Gasteiger partial charge in [0.25, 0.3) is 5.91 Å². The van der Waals surface area contributed by atoms with Gasteiger partial charge < -0.3 is 48.6 Å². The van der Waals surface area contributed by atoms with Gasteiger partial charge in [-0.1, -0.05) is 29.4 Å². The molecule has 53 heavy (non-hydrogen) atoms. The monoisotopic (exact) mass is 725 g/mol. The average Bonchev–Trinajstić information content (AvgIpc) is 3.69. The first-order chi connectivity index (χ1) is 25.8. The highest BCUT2D eigenvalue weighted by atomic mass is 16.6. The van der Waals surface area contributed by atoms with Crippen LogP contribution in [-0.2, 0) is 4.84 Å². The molecule has 3 unspecified atom stereocenters. The second-order valence-electron chi connectivity index (χ2n) is 12.8. The van der Waals surface area contributed by atoms with Gasteiger partial charge in [0.05, 0.1) is 59.5 Å². The molecule has 12 nitrogen and oxygen atoms in total. The number of methoxy groups -OCH3 is 5. The summed E-state index contributed by atoms with van der Waals surface area (Å²) >= 11 is 0. The molecule has 12 heteroatoms. The van der Waals surface area contributed by atoms with Gasteiger partial charge in [-0.3, -0.25) is 4.79 Å². The Morgan fingerprint density at radius 1 is 0.736 bits per heavy atom. The minimum Gasteiger partial charge on any atom is -0.493 e. The Labute approximate surface area is 310 Å². The molecular weight excluding hydrogens is 678 g/mol. The molecule has 2 aliphatic heterocycles. The number of carbonyl (C=O) groups is 1. The van der Waals surface area contributed by atoms with Gasteiger partial charge in [-0.2, -0.15) is 0 Å². The van der Waals surface area contributed by atoms with Gasteiger partial charge >= 0.3 is 0 Å². The van der Waals surface area contributed by atoms with Crippen LogP contribution in [0.4, 0.5) is 5.69 Å². The summed E-state index contributed by atoms with van der Waals surface area (Å²) in [7, 11) is 8.00. The molecule has 0 aliphatic carbocycles. The number of benzene rings is 4. The molecule has 1 amide bonds. The third-order valence-electron chi connectivity index (χ3n) is 9.33. The summed E-state index contributed by atoms with van der Waals surface area (Å²) in [6.07, 6.45) is 3.54. The number of carbonyl (C=O) groups excluding carboxylic acids is 1. The lowest BCUT2D eigenvalue weighted by Gasteiger charge is -2.28. The zero-order chi connectivity index (χ0) is 37.3. The predicted octanol–water partition coefficient (Wildman–Crippen LogP) is 7.86. The Morgan fingerprint density at radius 2 is 1.43 bits per heavy atom. The van der Waals surface area contributed by atoms with Gasteiger partial charge in [-0.25, -0.2) is 0 Å². The Bertz CT molecular complexity index is 1910. The van der Waals surface area contributed by atoms with Crippen LogP contribution in [0.3, 0.4) is 0 Å². The van der Waals surface area contributed by atoms with Crippen molar-refractivity contribution in [1.29, 1.82) is 0 Å². The number of anilines is 1. The number of unbranched alkanes of at least 4 members (excludes halogenated alkanes) is 2. The number of amides is 1. The number of rotatable bonds is 17. The maximum atomic E-state index is 12.6. The maximum Gasteiger partial charge on any atom is 0.255 e. The average molecular weight is 726 g/mol. The van der Waals surface area contributed by atoms with E-state index in [0.717, 1.165) is 53.8 Å². The third kappa shape index (κ3) is 8.48. The van der Waals surface area contributed by atoms with E-state index in [2.05, 4.69) is 22.7 Å². The predicted molar refractivity (Wildman–Crippen MR) is 201 cm³/mol. The van der Waals surface area contributed by atoms with Gasteiger partial charge in [-0.15, -0.1) is 0 Å². The lowest BCUT2D eigenvalue weighted by atomic mass is 9.99. The normalized spacial score (nSPS) is 16.6. The summed E-state index contributed by atoms with van der Waals surface area (Å²) in [5.74, 6) is 4.11. The molecule has 0 aromatic heterocycles. The smallest absolute Gasteiger partial charge is 0.255 e. The molecule has 6 rings (SSSR count). The minimum absolute atomic E-state index is 0.0379. The van der Waals surface area contributed by atoms with Crippen LogP contribution in [0.1, 0.15) is 78.3 Å². The van der Waals surface area contributed by atoms with E-state index in [1.54, 1.807) is 41.6 Å². The second kappa shape index (κ2) is 17.2. The molecule has 4 aromatic carbocycles. The topological polar surface area (TPSA) is 127 Å². The van der Waals surface area contributed by atoms with Crippen molar-refractivity contribution in [2.75, 3.05) is 47.5 Å². The minimum atomic E-state index is -0.370. The lowest BCUT2D eigenvalue weighted by molar-refractivity contribution is 0.0852. The summed E-state index contributed by atoms with van der Waals surface area (Å²) in [5, 5.41) is 10.8. The van der Waals surface area contributed by atoms with Gasteiger partial charge in [0, 0.05) is 17.7 Å². The molecule has 2 N–H and O–H groups in total. The van der Waals surface area contributed by atoms with E-state index < -0.39 is 0 Å². The summed E-state index contributed by atoms with van der Waals surface area (Å²) in [6.45, 7) is 2.61. The van der Waals surface area contributed by atoms with E-state index in [-0.39, 0.29) is 24.3 Å². The van der Waals surface area contributed by atoms with Crippen LogP contribution >= 0.6 is 0 Å². The number of para-hydroxylation sites is 1. The largest absolute Gasteiger partial charge is 0.493 e. The van der Waals surface area contributed by atoms with E-state index in [0.29, 0.717) is 58.8 Å². The maximum absolute atomic E-state index is 12.6. The molecule has 2 heterocycles. The van der Waals surface area contributed by atoms with Crippen LogP contribution in [0.15, 0.2) is 78.0 Å². The molecule has 4 aromatic rings. The highest BCUT2D eigenvalue weighted by molar-refractivity contribution is 6.02. The standard InChI is InChI=1S/C41H47N3O9/c1-25(12-8-7-11-19-51-33-18-16-27(21-35(33)47-3)40-42-30-14-10-9-13-29(30)41(45)43-40)52-36-20-26(15-17-32(36)46-2)34-24-31(44-53-34)28-22-37(48-4)39(50-6)38(23-28)49-5/h9-10,13-18,20-23,25,34,40,42H,7-8,11-12,19,24H2,1-6H3,(H,43,45). The molecule has 0 saturated carbocycles. The number of ether oxygens (including phenoxy) is 7. The molecule has 280 valence electrons. The van der Waals surface area contributed by atoms with Crippen LogP contribution < -0.4 is 43.8 Å². The zero-order valence-electron chi connectivity index (χ0n) is 31.0. The number of hydrogen-bond acceptors (Lipinski definition) is 11.